The number of carbonyl (C=O) groups excluding carboxylic acids is 1. The van der Waals surface area contributed by atoms with Crippen molar-refractivity contribution < 1.29 is 4.79 Å². The zero-order valence-electron chi connectivity index (χ0n) is 18.7. The molecule has 1 aromatic heterocycles. The van der Waals surface area contributed by atoms with Gasteiger partial charge in [0.05, 0.1) is 11.7 Å². The second kappa shape index (κ2) is 9.84. The molecule has 0 bridgehead atoms. The highest BCUT2D eigenvalue weighted by molar-refractivity contribution is 5.93. The van der Waals surface area contributed by atoms with Crippen LogP contribution in [0.1, 0.15) is 37.7 Å². The number of nitrogens with one attached hydrogen (secondary N) is 2. The minimum Gasteiger partial charge on any atom is -0.326 e. The molecule has 32 heavy (non-hydrogen) atoms. The smallest absolute Gasteiger partial charge is 0.224 e. The van der Waals surface area contributed by atoms with Gasteiger partial charge in [0.25, 0.3) is 0 Å². The van der Waals surface area contributed by atoms with Gasteiger partial charge < -0.3 is 10.2 Å². The van der Waals surface area contributed by atoms with Crippen LogP contribution >= 0.6 is 0 Å². The third-order valence-corrected chi connectivity index (χ3v) is 7.10. The van der Waals surface area contributed by atoms with Gasteiger partial charge in [-0.2, -0.15) is 5.10 Å². The average molecular weight is 432 g/mol. The Morgan fingerprint density at radius 1 is 1.09 bits per heavy atom. The fourth-order valence-corrected chi connectivity index (χ4v) is 5.47. The molecule has 2 aromatic carbocycles. The summed E-state index contributed by atoms with van der Waals surface area (Å²) < 4.78 is 0. The summed E-state index contributed by atoms with van der Waals surface area (Å²) in [5.41, 5.74) is 3.15. The van der Waals surface area contributed by atoms with E-state index in [9.17, 15) is 4.79 Å². The third kappa shape index (κ3) is 5.03. The molecule has 168 valence electrons. The first kappa shape index (κ1) is 21.2. The molecule has 2 saturated heterocycles. The van der Waals surface area contributed by atoms with Gasteiger partial charge in [-0.1, -0.05) is 30.3 Å². The van der Waals surface area contributed by atoms with Gasteiger partial charge in [-0.15, -0.1) is 0 Å². The molecule has 5 rings (SSSR count). The monoisotopic (exact) mass is 431 g/mol. The number of fused-ring (bicyclic) bond motifs is 1. The van der Waals surface area contributed by atoms with E-state index in [2.05, 4.69) is 55.6 Å². The molecule has 2 atom stereocenters. The molecule has 3 aromatic rings. The average Bonchev–Trinajstić information content (AvgIpc) is 3.50. The van der Waals surface area contributed by atoms with Crippen molar-refractivity contribution in [2.75, 3.05) is 31.5 Å². The van der Waals surface area contributed by atoms with E-state index < -0.39 is 0 Å². The van der Waals surface area contributed by atoms with Crippen LogP contribution < -0.4 is 5.32 Å². The first-order valence-electron chi connectivity index (χ1n) is 12.0. The topological polar surface area (TPSA) is 64.3 Å². The normalized spacial score (nSPS) is 22.4. The highest BCUT2D eigenvalue weighted by atomic mass is 16.1. The van der Waals surface area contributed by atoms with E-state index in [0.29, 0.717) is 18.4 Å². The number of aromatic amines is 1. The number of benzene rings is 2. The molecule has 2 aliphatic heterocycles. The van der Waals surface area contributed by atoms with Crippen LogP contribution in [-0.4, -0.2) is 58.1 Å². The van der Waals surface area contributed by atoms with Gasteiger partial charge in [0.2, 0.25) is 5.91 Å². The number of carbonyl (C=O) groups is 1. The summed E-state index contributed by atoms with van der Waals surface area (Å²) in [6.45, 7) is 5.65. The van der Waals surface area contributed by atoms with Crippen LogP contribution in [0, 0.1) is 5.92 Å². The molecular weight excluding hydrogens is 398 g/mol. The number of nitrogens with zero attached hydrogens (tertiary/aromatic N) is 3. The second-order valence-corrected chi connectivity index (χ2v) is 9.34. The van der Waals surface area contributed by atoms with Gasteiger partial charge >= 0.3 is 0 Å². The Morgan fingerprint density at radius 3 is 2.78 bits per heavy atom. The first-order valence-corrected chi connectivity index (χ1v) is 12.0. The summed E-state index contributed by atoms with van der Waals surface area (Å²) in [6, 6.07) is 17.2. The zero-order chi connectivity index (χ0) is 21.8. The molecule has 2 fully saturated rings. The van der Waals surface area contributed by atoms with Gasteiger partial charge in [-0.05, 0) is 75.0 Å². The summed E-state index contributed by atoms with van der Waals surface area (Å²) in [5.74, 6) is 0.635. The highest BCUT2D eigenvalue weighted by Gasteiger charge is 2.34. The van der Waals surface area contributed by atoms with Crippen molar-refractivity contribution in [3.63, 3.8) is 0 Å². The number of hydrogen-bond donors (Lipinski definition) is 2. The summed E-state index contributed by atoms with van der Waals surface area (Å²) in [4.78, 5) is 18.0. The third-order valence-electron chi connectivity index (χ3n) is 7.10. The Bertz CT molecular complexity index is 1030. The number of hydrogen-bond acceptors (Lipinski definition) is 4. The number of rotatable bonds is 7. The van der Waals surface area contributed by atoms with Crippen LogP contribution in [0.4, 0.5) is 5.69 Å². The van der Waals surface area contributed by atoms with Crippen molar-refractivity contribution in [1.82, 2.24) is 20.0 Å². The van der Waals surface area contributed by atoms with Crippen molar-refractivity contribution >= 4 is 22.5 Å². The Kier molecular flexibility index (Phi) is 6.51. The fourth-order valence-electron chi connectivity index (χ4n) is 5.47. The quantitative estimate of drug-likeness (QED) is 0.586. The summed E-state index contributed by atoms with van der Waals surface area (Å²) in [5, 5.41) is 11.2. The predicted molar refractivity (Wildman–Crippen MR) is 128 cm³/mol. The van der Waals surface area contributed by atoms with Crippen molar-refractivity contribution in [1.29, 1.82) is 0 Å². The Balaban J connectivity index is 1.21. The molecule has 0 aliphatic carbocycles. The molecule has 6 nitrogen and oxygen atoms in total. The molecule has 0 spiro atoms. The molecule has 3 heterocycles. The lowest BCUT2D eigenvalue weighted by molar-refractivity contribution is -0.116. The van der Waals surface area contributed by atoms with Crippen LogP contribution in [0.15, 0.2) is 54.7 Å². The molecule has 1 amide bonds. The molecule has 0 saturated carbocycles. The fraction of sp³-hybridized carbons (Fsp3) is 0.462. The van der Waals surface area contributed by atoms with Gasteiger partial charge in [-0.3, -0.25) is 14.8 Å². The summed E-state index contributed by atoms with van der Waals surface area (Å²) in [7, 11) is 0. The van der Waals surface area contributed by atoms with E-state index in [4.69, 9.17) is 0 Å². The van der Waals surface area contributed by atoms with E-state index in [1.165, 1.54) is 37.9 Å². The highest BCUT2D eigenvalue weighted by Crippen LogP contribution is 2.30. The Morgan fingerprint density at radius 2 is 1.94 bits per heavy atom. The minimum atomic E-state index is 0.101. The number of likely N-dealkylation sites (tertiary alicyclic amines) is 2. The predicted octanol–water partition coefficient (Wildman–Crippen LogP) is 4.27. The summed E-state index contributed by atoms with van der Waals surface area (Å²) >= 11 is 0. The molecule has 2 aliphatic rings. The van der Waals surface area contributed by atoms with E-state index in [0.717, 1.165) is 42.6 Å². The largest absolute Gasteiger partial charge is 0.326 e. The molecule has 6 heteroatoms. The molecule has 0 radical (unpaired) electrons. The van der Waals surface area contributed by atoms with Crippen LogP contribution in [0.3, 0.4) is 0 Å². The van der Waals surface area contributed by atoms with Crippen LogP contribution in [0.5, 0.6) is 0 Å². The van der Waals surface area contributed by atoms with Crippen molar-refractivity contribution in [2.45, 2.75) is 44.7 Å². The van der Waals surface area contributed by atoms with Crippen LogP contribution in [0.25, 0.3) is 10.9 Å². The van der Waals surface area contributed by atoms with Gasteiger partial charge in [0.15, 0.2) is 0 Å². The molecule has 2 N–H and O–H groups in total. The maximum atomic E-state index is 12.8. The van der Waals surface area contributed by atoms with Gasteiger partial charge in [0, 0.05) is 36.6 Å². The zero-order valence-corrected chi connectivity index (χ0v) is 18.7. The Labute approximate surface area is 190 Å². The maximum Gasteiger partial charge on any atom is 0.224 e. The van der Waals surface area contributed by atoms with Crippen molar-refractivity contribution in [2.24, 2.45) is 5.92 Å². The van der Waals surface area contributed by atoms with Gasteiger partial charge in [-0.25, -0.2) is 0 Å². The van der Waals surface area contributed by atoms with Crippen molar-refractivity contribution in [3.05, 3.63) is 60.3 Å². The minimum absolute atomic E-state index is 0.101. The lowest BCUT2D eigenvalue weighted by atomic mass is 9.86. The van der Waals surface area contributed by atoms with Crippen LogP contribution in [0.2, 0.25) is 0 Å². The Hall–Kier alpha value is -2.70. The number of H-pyrrole nitrogens is 1. The number of piperidine rings is 1. The van der Waals surface area contributed by atoms with Crippen molar-refractivity contribution in [3.8, 4) is 0 Å². The van der Waals surface area contributed by atoms with E-state index in [1.807, 2.05) is 18.2 Å². The lowest BCUT2D eigenvalue weighted by Gasteiger charge is -2.43. The number of amides is 1. The van der Waals surface area contributed by atoms with Crippen LogP contribution in [-0.2, 0) is 11.3 Å². The SMILES string of the molecule is O=C(CC[C@H]1CN(Cc2ccccc2)CC[C@H]1N1CCCC1)Nc1ccc2cn[nH]c2c1. The molecule has 0 unspecified atom stereocenters. The first-order chi connectivity index (χ1) is 15.7. The van der Waals surface area contributed by atoms with E-state index in [-0.39, 0.29) is 5.91 Å². The number of anilines is 1. The van der Waals surface area contributed by atoms with E-state index in [1.54, 1.807) is 6.20 Å². The summed E-state index contributed by atoms with van der Waals surface area (Å²) in [6.07, 6.45) is 7.13. The second-order valence-electron chi connectivity index (χ2n) is 9.34. The molecular formula is C26H33N5O. The van der Waals surface area contributed by atoms with Gasteiger partial charge in [0.1, 0.15) is 0 Å². The number of aromatic nitrogens is 2. The lowest BCUT2D eigenvalue weighted by Crippen LogP contribution is -2.50. The maximum absolute atomic E-state index is 12.8. The standard InChI is InChI=1S/C26H33N5O/c32-26(28-23-10-8-21-17-27-29-24(21)16-23)11-9-22-19-30(18-20-6-2-1-3-7-20)15-12-25(22)31-13-4-5-14-31/h1-3,6-8,10,16-17,22,25H,4-5,9,11-15,18-19H2,(H,27,29)(H,28,32)/t22-,25+/m0/s1. The van der Waals surface area contributed by atoms with E-state index >= 15 is 0 Å².